The van der Waals surface area contributed by atoms with E-state index < -0.39 is 22.2 Å². The summed E-state index contributed by atoms with van der Waals surface area (Å²) in [5.74, 6) is 0.198. The molecule has 0 aromatic heterocycles. The van der Waals surface area contributed by atoms with Crippen molar-refractivity contribution in [2.45, 2.75) is 42.8 Å². The molecule has 30 heavy (non-hydrogen) atoms. The first-order chi connectivity index (χ1) is 14.5. The van der Waals surface area contributed by atoms with Crippen LogP contribution in [0.15, 0.2) is 90.3 Å². The summed E-state index contributed by atoms with van der Waals surface area (Å²) < 4.78 is 29.1. The van der Waals surface area contributed by atoms with Gasteiger partial charge in [0.2, 0.25) is 10.0 Å². The smallest absolute Gasteiger partial charge is 0.243 e. The highest BCUT2D eigenvalue weighted by Gasteiger charge is 2.39. The van der Waals surface area contributed by atoms with E-state index in [0.717, 1.165) is 22.8 Å². The van der Waals surface area contributed by atoms with E-state index >= 15 is 0 Å². The summed E-state index contributed by atoms with van der Waals surface area (Å²) in [7, 11) is -3.82. The summed E-state index contributed by atoms with van der Waals surface area (Å²) in [5.41, 5.74) is 0.898. The van der Waals surface area contributed by atoms with Crippen LogP contribution < -0.4 is 0 Å². The molecule has 5 heteroatoms. The van der Waals surface area contributed by atoms with E-state index in [4.69, 9.17) is 0 Å². The number of nitrogens with zero attached hydrogens (tertiary/aromatic N) is 1. The fourth-order valence-corrected chi connectivity index (χ4v) is 5.98. The molecule has 4 nitrogen and oxygen atoms in total. The van der Waals surface area contributed by atoms with Crippen molar-refractivity contribution in [3.05, 3.63) is 91.0 Å². The maximum Gasteiger partial charge on any atom is 0.243 e. The molecule has 3 atom stereocenters. The molecule has 3 aromatic carbocycles. The van der Waals surface area contributed by atoms with Gasteiger partial charge in [-0.2, -0.15) is 4.31 Å². The Hall–Kier alpha value is -2.47. The fourth-order valence-electron chi connectivity index (χ4n) is 4.29. The second kappa shape index (κ2) is 8.72. The second-order valence-electron chi connectivity index (χ2n) is 7.99. The number of benzene rings is 3. The fraction of sp³-hybridized carbons (Fsp3) is 0.280. The predicted octanol–water partition coefficient (Wildman–Crippen LogP) is 4.75. The first-order valence-corrected chi connectivity index (χ1v) is 11.8. The zero-order valence-electron chi connectivity index (χ0n) is 16.9. The van der Waals surface area contributed by atoms with E-state index in [1.165, 1.54) is 4.31 Å². The number of allylic oxidation sites excluding steroid dienone is 1. The molecule has 0 amide bonds. The molecule has 1 aliphatic carbocycles. The molecule has 0 unspecified atom stereocenters. The lowest BCUT2D eigenvalue weighted by Gasteiger charge is -2.39. The molecule has 0 radical (unpaired) electrons. The normalized spacial score (nSPS) is 22.3. The van der Waals surface area contributed by atoms with Gasteiger partial charge >= 0.3 is 0 Å². The number of fused-ring (bicyclic) bond motifs is 1. The van der Waals surface area contributed by atoms with Crippen LogP contribution in [0.4, 0.5) is 0 Å². The van der Waals surface area contributed by atoms with Crippen LogP contribution in [0.2, 0.25) is 0 Å². The van der Waals surface area contributed by atoms with Crippen molar-refractivity contribution in [1.82, 2.24) is 4.31 Å². The summed E-state index contributed by atoms with van der Waals surface area (Å²) in [5, 5.41) is 12.6. The average Bonchev–Trinajstić information content (AvgIpc) is 2.78. The Morgan fingerprint density at radius 1 is 0.967 bits per heavy atom. The maximum absolute atomic E-state index is 13.8. The van der Waals surface area contributed by atoms with Crippen LogP contribution in [-0.4, -0.2) is 30.0 Å². The van der Waals surface area contributed by atoms with E-state index in [-0.39, 0.29) is 17.4 Å². The predicted molar refractivity (Wildman–Crippen MR) is 120 cm³/mol. The van der Waals surface area contributed by atoms with Crippen molar-refractivity contribution in [3.63, 3.8) is 0 Å². The molecule has 0 aliphatic heterocycles. The van der Waals surface area contributed by atoms with Gasteiger partial charge in [0.25, 0.3) is 0 Å². The molecule has 3 aromatic rings. The van der Waals surface area contributed by atoms with Crippen molar-refractivity contribution in [1.29, 1.82) is 0 Å². The lowest BCUT2D eigenvalue weighted by Crippen LogP contribution is -2.49. The lowest BCUT2D eigenvalue weighted by atomic mass is 9.84. The number of sulfonamides is 1. The van der Waals surface area contributed by atoms with Gasteiger partial charge in [0.1, 0.15) is 0 Å². The van der Waals surface area contributed by atoms with Crippen molar-refractivity contribution in [3.8, 4) is 0 Å². The van der Waals surface area contributed by atoms with Gasteiger partial charge in [-0.3, -0.25) is 0 Å². The molecule has 1 fully saturated rings. The Morgan fingerprint density at radius 2 is 1.67 bits per heavy atom. The molecule has 156 valence electrons. The van der Waals surface area contributed by atoms with Crippen molar-refractivity contribution in [2.75, 3.05) is 0 Å². The second-order valence-corrected chi connectivity index (χ2v) is 9.88. The summed E-state index contributed by atoms with van der Waals surface area (Å²) in [6.45, 7) is 4.12. The highest BCUT2D eigenvalue weighted by Crippen LogP contribution is 2.34. The zero-order valence-corrected chi connectivity index (χ0v) is 17.7. The zero-order chi connectivity index (χ0) is 21.1. The van der Waals surface area contributed by atoms with Crippen LogP contribution in [0.5, 0.6) is 0 Å². The Balaban J connectivity index is 1.77. The third-order valence-electron chi connectivity index (χ3n) is 6.03. The third kappa shape index (κ3) is 4.19. The number of aliphatic hydroxyl groups excluding tert-OH is 1. The van der Waals surface area contributed by atoms with Crippen LogP contribution in [0.1, 0.15) is 24.8 Å². The van der Waals surface area contributed by atoms with E-state index in [0.29, 0.717) is 12.8 Å². The van der Waals surface area contributed by atoms with Crippen LogP contribution in [0, 0.1) is 5.92 Å². The molecular weight excluding hydrogens is 394 g/mol. The standard InChI is InChI=1S/C25H27NO3S/c1-2-19-12-15-25(27)24(16-19)26(18-20-8-4-3-5-9-20)30(28,29)23-14-13-21-10-6-7-11-22(21)17-23/h2-11,13-14,17,19,24-25,27H,1,12,15-16,18H2/t19-,24-,25-/m1/s1. The molecule has 0 heterocycles. The SMILES string of the molecule is C=C[C@@H]1CC[C@@H](O)[C@H](N(Cc2ccccc2)S(=O)(=O)c2ccc3ccccc3c2)C1. The van der Waals surface area contributed by atoms with E-state index in [1.807, 2.05) is 66.7 Å². The first kappa shape index (κ1) is 20.8. The third-order valence-corrected chi connectivity index (χ3v) is 7.90. The largest absolute Gasteiger partial charge is 0.391 e. The minimum Gasteiger partial charge on any atom is -0.391 e. The van der Waals surface area contributed by atoms with Gasteiger partial charge in [-0.1, -0.05) is 66.7 Å². The molecule has 1 aliphatic rings. The number of hydrogen-bond donors (Lipinski definition) is 1. The van der Waals surface area contributed by atoms with Crippen molar-refractivity contribution in [2.24, 2.45) is 5.92 Å². The average molecular weight is 422 g/mol. The van der Waals surface area contributed by atoms with E-state index in [2.05, 4.69) is 6.58 Å². The van der Waals surface area contributed by atoms with Crippen LogP contribution in [0.25, 0.3) is 10.8 Å². The molecule has 4 rings (SSSR count). The minimum atomic E-state index is -3.82. The molecular formula is C25H27NO3S. The van der Waals surface area contributed by atoms with Crippen LogP contribution >= 0.6 is 0 Å². The summed E-state index contributed by atoms with van der Waals surface area (Å²) >= 11 is 0. The summed E-state index contributed by atoms with van der Waals surface area (Å²) in [6.07, 6.45) is 3.16. The number of rotatable bonds is 6. The molecule has 0 bridgehead atoms. The van der Waals surface area contributed by atoms with Gasteiger partial charge in [0.15, 0.2) is 0 Å². The van der Waals surface area contributed by atoms with Crippen molar-refractivity contribution >= 4 is 20.8 Å². The van der Waals surface area contributed by atoms with E-state index in [9.17, 15) is 13.5 Å². The van der Waals surface area contributed by atoms with E-state index in [1.54, 1.807) is 12.1 Å². The summed E-state index contributed by atoms with van der Waals surface area (Å²) in [6, 6.07) is 22.0. The van der Waals surface area contributed by atoms with Crippen LogP contribution in [-0.2, 0) is 16.6 Å². The van der Waals surface area contributed by atoms with Gasteiger partial charge in [0.05, 0.1) is 17.0 Å². The molecule has 0 saturated heterocycles. The maximum atomic E-state index is 13.8. The quantitative estimate of drug-likeness (QED) is 0.585. The van der Waals surface area contributed by atoms with Gasteiger partial charge in [-0.25, -0.2) is 8.42 Å². The van der Waals surface area contributed by atoms with Crippen LogP contribution in [0.3, 0.4) is 0 Å². The molecule has 1 N–H and O–H groups in total. The molecule has 1 saturated carbocycles. The minimum absolute atomic E-state index is 0.198. The Morgan fingerprint density at radius 3 is 2.40 bits per heavy atom. The Kier molecular flexibility index (Phi) is 6.04. The monoisotopic (exact) mass is 421 g/mol. The molecule has 0 spiro atoms. The Bertz CT molecular complexity index is 1130. The van der Waals surface area contributed by atoms with Gasteiger partial charge in [0, 0.05) is 6.54 Å². The first-order valence-electron chi connectivity index (χ1n) is 10.3. The summed E-state index contributed by atoms with van der Waals surface area (Å²) in [4.78, 5) is 0.255. The van der Waals surface area contributed by atoms with Gasteiger partial charge < -0.3 is 5.11 Å². The highest BCUT2D eigenvalue weighted by atomic mass is 32.2. The topological polar surface area (TPSA) is 57.6 Å². The lowest BCUT2D eigenvalue weighted by molar-refractivity contribution is 0.0418. The van der Waals surface area contributed by atoms with Gasteiger partial charge in [-0.15, -0.1) is 6.58 Å². The Labute approximate surface area is 178 Å². The number of hydrogen-bond acceptors (Lipinski definition) is 3. The highest BCUT2D eigenvalue weighted by molar-refractivity contribution is 7.89. The van der Waals surface area contributed by atoms with Crippen molar-refractivity contribution < 1.29 is 13.5 Å². The number of aliphatic hydroxyl groups is 1. The van der Waals surface area contributed by atoms with Gasteiger partial charge in [-0.05, 0) is 53.6 Å².